The van der Waals surface area contributed by atoms with Crippen LogP contribution in [0.25, 0.3) is 0 Å². The fourth-order valence-corrected chi connectivity index (χ4v) is 2.19. The van der Waals surface area contributed by atoms with E-state index in [1.165, 1.54) is 24.6 Å². The monoisotopic (exact) mass is 375 g/mol. The van der Waals surface area contributed by atoms with Crippen LogP contribution in [0.3, 0.4) is 0 Å². The van der Waals surface area contributed by atoms with Gasteiger partial charge in [-0.25, -0.2) is 13.2 Å². The summed E-state index contributed by atoms with van der Waals surface area (Å²) < 4.78 is 44.9. The summed E-state index contributed by atoms with van der Waals surface area (Å²) in [6, 6.07) is 7.48. The van der Waals surface area contributed by atoms with Crippen molar-refractivity contribution in [1.29, 1.82) is 0 Å². The molecule has 0 unspecified atom stereocenters. The average molecular weight is 375 g/mol. The minimum absolute atomic E-state index is 0.132. The molecule has 3 rings (SSSR count). The number of carbonyl (C=O) groups is 2. The molecule has 0 saturated carbocycles. The van der Waals surface area contributed by atoms with Crippen LogP contribution in [0.15, 0.2) is 53.3 Å². The van der Waals surface area contributed by atoms with E-state index < -0.39 is 35.0 Å². The minimum atomic E-state index is -1.70. The van der Waals surface area contributed by atoms with Gasteiger partial charge in [0, 0.05) is 11.8 Å². The molecule has 2 heterocycles. The fraction of sp³-hybridized carbons (Fsp3) is 0.0556. The molecule has 3 aromatic rings. The number of carbonyl (C=O) groups excluding carboxylic acids is 2. The largest absolute Gasteiger partial charge is 0.467 e. The molecule has 0 atom stereocenters. The molecule has 27 heavy (non-hydrogen) atoms. The minimum Gasteiger partial charge on any atom is -0.467 e. The lowest BCUT2D eigenvalue weighted by atomic mass is 10.2. The Hall–Kier alpha value is -3.62. The maximum Gasteiger partial charge on any atom is 0.274 e. The van der Waals surface area contributed by atoms with Crippen LogP contribution >= 0.6 is 0 Å². The number of aromatic nitrogens is 1. The number of halogens is 3. The summed E-state index contributed by atoms with van der Waals surface area (Å²) in [7, 11) is 0. The van der Waals surface area contributed by atoms with Gasteiger partial charge < -0.3 is 15.1 Å². The molecule has 2 N–H and O–H groups in total. The van der Waals surface area contributed by atoms with Gasteiger partial charge in [0.15, 0.2) is 17.5 Å². The van der Waals surface area contributed by atoms with Crippen molar-refractivity contribution >= 4 is 17.5 Å². The first-order valence-electron chi connectivity index (χ1n) is 7.67. The van der Waals surface area contributed by atoms with Crippen molar-refractivity contribution in [3.8, 4) is 0 Å². The van der Waals surface area contributed by atoms with Crippen molar-refractivity contribution in [1.82, 2.24) is 10.3 Å². The van der Waals surface area contributed by atoms with Crippen molar-refractivity contribution in [2.45, 2.75) is 6.54 Å². The normalized spacial score (nSPS) is 10.5. The highest BCUT2D eigenvalue weighted by atomic mass is 19.2. The predicted molar refractivity (Wildman–Crippen MR) is 88.4 cm³/mol. The summed E-state index contributed by atoms with van der Waals surface area (Å²) in [5.41, 5.74) is -0.620. The highest BCUT2D eigenvalue weighted by Gasteiger charge is 2.17. The Kier molecular flexibility index (Phi) is 5.20. The number of nitrogens with zero attached hydrogens (tertiary/aromatic N) is 1. The number of anilines is 1. The van der Waals surface area contributed by atoms with Gasteiger partial charge in [-0.2, -0.15) is 0 Å². The van der Waals surface area contributed by atoms with Crippen LogP contribution in [0.4, 0.5) is 18.9 Å². The van der Waals surface area contributed by atoms with Gasteiger partial charge in [0.05, 0.1) is 18.5 Å². The number of hydrogen-bond acceptors (Lipinski definition) is 4. The standard InChI is InChI=1S/C18H12F3N3O3/c19-12-3-4-13(16(21)15(12)20)24-18(26)14-8-10(5-6-22-14)17(25)23-9-11-2-1-7-27-11/h1-8H,9H2,(H,23,25)(H,24,26). The molecule has 0 aliphatic heterocycles. The molecule has 2 aromatic heterocycles. The fourth-order valence-electron chi connectivity index (χ4n) is 2.19. The molecule has 6 nitrogen and oxygen atoms in total. The SMILES string of the molecule is O=C(NCc1ccco1)c1ccnc(C(=O)Nc2ccc(F)c(F)c2F)c1. The van der Waals surface area contributed by atoms with Crippen LogP contribution in [0.1, 0.15) is 26.6 Å². The number of pyridine rings is 1. The molecule has 0 aliphatic carbocycles. The summed E-state index contributed by atoms with van der Waals surface area (Å²) in [5, 5.41) is 4.68. The van der Waals surface area contributed by atoms with Gasteiger partial charge in [0.2, 0.25) is 0 Å². The molecule has 1 aromatic carbocycles. The molecule has 138 valence electrons. The summed E-state index contributed by atoms with van der Waals surface area (Å²) in [6.45, 7) is 0.149. The average Bonchev–Trinajstić information content (AvgIpc) is 3.20. The van der Waals surface area contributed by atoms with Crippen LogP contribution < -0.4 is 10.6 Å². The molecule has 0 radical (unpaired) electrons. The first kappa shape index (κ1) is 18.2. The van der Waals surface area contributed by atoms with Crippen molar-refractivity contribution in [2.75, 3.05) is 5.32 Å². The molecule has 2 amide bonds. The third-order valence-corrected chi connectivity index (χ3v) is 3.54. The van der Waals surface area contributed by atoms with Gasteiger partial charge in [0.25, 0.3) is 11.8 Å². The first-order valence-corrected chi connectivity index (χ1v) is 7.67. The van der Waals surface area contributed by atoms with Gasteiger partial charge >= 0.3 is 0 Å². The number of amides is 2. The maximum atomic E-state index is 13.7. The Bertz CT molecular complexity index is 991. The number of rotatable bonds is 5. The first-order chi connectivity index (χ1) is 13.0. The number of nitrogens with one attached hydrogen (secondary N) is 2. The Morgan fingerprint density at radius 3 is 2.59 bits per heavy atom. The molecule has 0 saturated heterocycles. The Labute approximate surface area is 151 Å². The topological polar surface area (TPSA) is 84.2 Å². The van der Waals surface area contributed by atoms with E-state index in [2.05, 4.69) is 15.6 Å². The van der Waals surface area contributed by atoms with Crippen LogP contribution in [0, 0.1) is 17.5 Å². The lowest BCUT2D eigenvalue weighted by Crippen LogP contribution is -2.23. The molecule has 0 spiro atoms. The second kappa shape index (κ2) is 7.73. The van der Waals surface area contributed by atoms with Gasteiger partial charge in [-0.1, -0.05) is 0 Å². The van der Waals surface area contributed by atoms with Crippen LogP contribution in [-0.4, -0.2) is 16.8 Å². The van der Waals surface area contributed by atoms with Crippen molar-refractivity contribution < 1.29 is 27.2 Å². The van der Waals surface area contributed by atoms with Crippen molar-refractivity contribution in [3.05, 3.63) is 83.3 Å². The lowest BCUT2D eigenvalue weighted by Gasteiger charge is -2.08. The smallest absolute Gasteiger partial charge is 0.274 e. The van der Waals surface area contributed by atoms with Crippen LogP contribution in [-0.2, 0) is 6.54 Å². The highest BCUT2D eigenvalue weighted by Crippen LogP contribution is 2.20. The summed E-state index contributed by atoms with van der Waals surface area (Å²) in [4.78, 5) is 28.1. The molecular formula is C18H12F3N3O3. The Morgan fingerprint density at radius 2 is 1.85 bits per heavy atom. The summed E-state index contributed by atoms with van der Waals surface area (Å²) in [5.74, 6) is -5.44. The molecule has 0 bridgehead atoms. The highest BCUT2D eigenvalue weighted by molar-refractivity contribution is 6.04. The predicted octanol–water partition coefficient (Wildman–Crippen LogP) is 3.27. The van der Waals surface area contributed by atoms with E-state index in [0.29, 0.717) is 11.8 Å². The Morgan fingerprint density at radius 1 is 1.04 bits per heavy atom. The lowest BCUT2D eigenvalue weighted by molar-refractivity contribution is 0.0948. The quantitative estimate of drug-likeness (QED) is 0.671. The molecule has 9 heteroatoms. The molecule has 0 fully saturated rings. The van der Waals surface area contributed by atoms with Crippen molar-refractivity contribution in [3.63, 3.8) is 0 Å². The zero-order valence-electron chi connectivity index (χ0n) is 13.6. The van der Waals surface area contributed by atoms with E-state index in [4.69, 9.17) is 4.42 Å². The van der Waals surface area contributed by atoms with E-state index in [-0.39, 0.29) is 17.8 Å². The third kappa shape index (κ3) is 4.14. The molecule has 0 aliphatic rings. The van der Waals surface area contributed by atoms with E-state index in [1.807, 2.05) is 0 Å². The van der Waals surface area contributed by atoms with Crippen LogP contribution in [0.5, 0.6) is 0 Å². The maximum absolute atomic E-state index is 13.7. The Balaban J connectivity index is 1.72. The van der Waals surface area contributed by atoms with Gasteiger partial charge in [0.1, 0.15) is 11.5 Å². The summed E-state index contributed by atoms with van der Waals surface area (Å²) in [6.07, 6.45) is 2.69. The zero-order chi connectivity index (χ0) is 19.4. The second-order valence-electron chi connectivity index (χ2n) is 5.37. The van der Waals surface area contributed by atoms with Crippen molar-refractivity contribution in [2.24, 2.45) is 0 Å². The second-order valence-corrected chi connectivity index (χ2v) is 5.37. The van der Waals surface area contributed by atoms with Gasteiger partial charge in [-0.3, -0.25) is 14.6 Å². The number of hydrogen-bond donors (Lipinski definition) is 2. The van der Waals surface area contributed by atoms with Gasteiger partial charge in [-0.05, 0) is 36.4 Å². The summed E-state index contributed by atoms with van der Waals surface area (Å²) >= 11 is 0. The zero-order valence-corrected chi connectivity index (χ0v) is 13.6. The van der Waals surface area contributed by atoms with Crippen LogP contribution in [0.2, 0.25) is 0 Å². The number of furan rings is 1. The van der Waals surface area contributed by atoms with E-state index in [1.54, 1.807) is 12.1 Å². The van der Waals surface area contributed by atoms with Gasteiger partial charge in [-0.15, -0.1) is 0 Å². The van der Waals surface area contributed by atoms with E-state index in [0.717, 1.165) is 6.07 Å². The third-order valence-electron chi connectivity index (χ3n) is 3.54. The number of benzene rings is 1. The van der Waals surface area contributed by atoms with E-state index >= 15 is 0 Å². The molecular weight excluding hydrogens is 363 g/mol. The van der Waals surface area contributed by atoms with E-state index in [9.17, 15) is 22.8 Å².